The monoisotopic (exact) mass is 478 g/mol. The molecule has 1 fully saturated rings. The molecule has 1 amide bonds. The summed E-state index contributed by atoms with van der Waals surface area (Å²) >= 11 is 0. The molecule has 0 radical (unpaired) electrons. The van der Waals surface area contributed by atoms with Gasteiger partial charge in [0.25, 0.3) is 0 Å². The van der Waals surface area contributed by atoms with E-state index in [1.807, 2.05) is 60.4 Å². The fourth-order valence-corrected chi connectivity index (χ4v) is 6.48. The van der Waals surface area contributed by atoms with E-state index in [4.69, 9.17) is 4.74 Å². The highest BCUT2D eigenvalue weighted by atomic mass is 16.5. The van der Waals surface area contributed by atoms with E-state index >= 15 is 0 Å². The molecule has 1 N–H and O–H groups in total. The van der Waals surface area contributed by atoms with Crippen molar-refractivity contribution in [2.24, 2.45) is 5.92 Å². The Balaban J connectivity index is 1.65. The molecule has 1 spiro atoms. The third kappa shape index (κ3) is 2.81. The molecule has 6 heteroatoms. The molecule has 36 heavy (non-hydrogen) atoms. The largest absolute Gasteiger partial charge is 0.497 e. The lowest BCUT2D eigenvalue weighted by Crippen LogP contribution is -2.51. The van der Waals surface area contributed by atoms with Crippen LogP contribution in [0.2, 0.25) is 0 Å². The lowest BCUT2D eigenvalue weighted by Gasteiger charge is -2.39. The minimum absolute atomic E-state index is 0.149. The molecule has 3 aromatic carbocycles. The van der Waals surface area contributed by atoms with E-state index in [1.165, 1.54) is 6.92 Å². The first-order chi connectivity index (χ1) is 17.4. The number of amides is 1. The van der Waals surface area contributed by atoms with Gasteiger partial charge in [-0.25, -0.2) is 0 Å². The number of hydrogen-bond acceptors (Lipinski definition) is 5. The molecule has 0 saturated carbocycles. The molecule has 0 aromatic heterocycles. The maximum atomic E-state index is 14.4. The lowest BCUT2D eigenvalue weighted by molar-refractivity contribution is -0.122. The molecule has 0 aliphatic carbocycles. The van der Waals surface area contributed by atoms with E-state index in [1.54, 1.807) is 31.4 Å². The van der Waals surface area contributed by atoms with Crippen molar-refractivity contribution < 1.29 is 19.1 Å². The summed E-state index contributed by atoms with van der Waals surface area (Å²) in [5.74, 6) is -0.930. The molecule has 0 unspecified atom stereocenters. The lowest BCUT2D eigenvalue weighted by atomic mass is 9.64. The average molecular weight is 479 g/mol. The number of Topliss-reactive ketones (excluding diaryl/α,β-unsaturated/α-hetero) is 2. The molecule has 4 atom stereocenters. The second-order valence-electron chi connectivity index (χ2n) is 9.71. The number of anilines is 2. The van der Waals surface area contributed by atoms with Crippen molar-refractivity contribution >= 4 is 34.4 Å². The Morgan fingerprint density at radius 3 is 2.39 bits per heavy atom. The minimum atomic E-state index is -1.27. The highest BCUT2D eigenvalue weighted by Crippen LogP contribution is 2.58. The van der Waals surface area contributed by atoms with Gasteiger partial charge in [0.2, 0.25) is 5.91 Å². The number of nitrogens with one attached hydrogen (secondary N) is 1. The quantitative estimate of drug-likeness (QED) is 0.553. The predicted octanol–water partition coefficient (Wildman–Crippen LogP) is 4.65. The Morgan fingerprint density at radius 1 is 0.972 bits per heavy atom. The SMILES string of the molecule is COc1ccc(C(=O)[C@@H]2[C@@H](C(C)=O)N3c4ccccc4C(C)=C[C@@H]3[C@@]23C(=O)Nc2ccccc23)cc1. The van der Waals surface area contributed by atoms with Crippen LogP contribution in [-0.4, -0.2) is 36.7 Å². The van der Waals surface area contributed by atoms with Crippen LogP contribution in [0.25, 0.3) is 5.57 Å². The number of carbonyl (C=O) groups is 3. The Labute approximate surface area is 209 Å². The van der Waals surface area contributed by atoms with Gasteiger partial charge in [-0.05, 0) is 61.4 Å². The molecule has 1 saturated heterocycles. The fourth-order valence-electron chi connectivity index (χ4n) is 6.48. The van der Waals surface area contributed by atoms with Gasteiger partial charge in [-0.2, -0.15) is 0 Å². The first kappa shape index (κ1) is 22.3. The molecule has 6 nitrogen and oxygen atoms in total. The summed E-state index contributed by atoms with van der Waals surface area (Å²) in [6.45, 7) is 3.53. The van der Waals surface area contributed by atoms with Crippen molar-refractivity contribution in [3.05, 3.63) is 95.6 Å². The molecule has 6 rings (SSSR count). The molecule has 3 aliphatic rings. The maximum Gasteiger partial charge on any atom is 0.238 e. The number of ketones is 2. The van der Waals surface area contributed by atoms with Crippen molar-refractivity contribution in [2.45, 2.75) is 31.3 Å². The summed E-state index contributed by atoms with van der Waals surface area (Å²) in [5.41, 5.74) is 3.50. The summed E-state index contributed by atoms with van der Waals surface area (Å²) in [7, 11) is 1.57. The van der Waals surface area contributed by atoms with E-state index in [0.717, 1.165) is 22.4 Å². The van der Waals surface area contributed by atoms with Gasteiger partial charge in [-0.15, -0.1) is 0 Å². The van der Waals surface area contributed by atoms with Crippen molar-refractivity contribution in [2.75, 3.05) is 17.3 Å². The van der Waals surface area contributed by atoms with E-state index in [9.17, 15) is 14.4 Å². The minimum Gasteiger partial charge on any atom is -0.497 e. The van der Waals surface area contributed by atoms with Gasteiger partial charge in [-0.3, -0.25) is 14.4 Å². The molecule has 3 aromatic rings. The first-order valence-corrected chi connectivity index (χ1v) is 12.1. The summed E-state index contributed by atoms with van der Waals surface area (Å²) in [6.07, 6.45) is 2.06. The zero-order chi connectivity index (χ0) is 25.2. The van der Waals surface area contributed by atoms with Gasteiger partial charge < -0.3 is 15.0 Å². The smallest absolute Gasteiger partial charge is 0.238 e. The zero-order valence-corrected chi connectivity index (χ0v) is 20.3. The molecular formula is C30H26N2O4. The van der Waals surface area contributed by atoms with Crippen LogP contribution in [0.1, 0.15) is 35.3 Å². The maximum absolute atomic E-state index is 14.4. The van der Waals surface area contributed by atoms with Crippen LogP contribution in [0.15, 0.2) is 78.9 Å². The average Bonchev–Trinajstić information content (AvgIpc) is 3.37. The summed E-state index contributed by atoms with van der Waals surface area (Å²) in [4.78, 5) is 43.9. The number of ether oxygens (including phenoxy) is 1. The van der Waals surface area contributed by atoms with Crippen LogP contribution in [0.4, 0.5) is 11.4 Å². The third-order valence-electron chi connectivity index (χ3n) is 7.96. The third-order valence-corrected chi connectivity index (χ3v) is 7.96. The fraction of sp³-hybridized carbons (Fsp3) is 0.233. The van der Waals surface area contributed by atoms with Crippen molar-refractivity contribution in [1.82, 2.24) is 0 Å². The van der Waals surface area contributed by atoms with Crippen LogP contribution in [0.3, 0.4) is 0 Å². The molecule has 3 aliphatic heterocycles. The summed E-state index contributed by atoms with van der Waals surface area (Å²) in [5, 5.41) is 3.04. The Kier molecular flexibility index (Phi) is 4.90. The topological polar surface area (TPSA) is 75.7 Å². The van der Waals surface area contributed by atoms with Crippen LogP contribution in [-0.2, 0) is 15.0 Å². The van der Waals surface area contributed by atoms with Crippen molar-refractivity contribution in [1.29, 1.82) is 0 Å². The summed E-state index contributed by atoms with van der Waals surface area (Å²) < 4.78 is 5.27. The van der Waals surface area contributed by atoms with Crippen molar-refractivity contribution in [3.8, 4) is 5.75 Å². The second kappa shape index (κ2) is 7.92. The number of rotatable bonds is 4. The first-order valence-electron chi connectivity index (χ1n) is 12.1. The van der Waals surface area contributed by atoms with E-state index in [0.29, 0.717) is 17.0 Å². The van der Waals surface area contributed by atoms with E-state index in [2.05, 4.69) is 11.4 Å². The number of para-hydroxylation sites is 2. The van der Waals surface area contributed by atoms with Gasteiger partial charge in [0.15, 0.2) is 11.6 Å². The van der Waals surface area contributed by atoms with Crippen LogP contribution < -0.4 is 15.0 Å². The number of carbonyl (C=O) groups excluding carboxylic acids is 3. The zero-order valence-electron chi connectivity index (χ0n) is 20.3. The van der Waals surface area contributed by atoms with Gasteiger partial charge in [-0.1, -0.05) is 42.5 Å². The van der Waals surface area contributed by atoms with Gasteiger partial charge in [0.05, 0.1) is 25.1 Å². The van der Waals surface area contributed by atoms with Crippen LogP contribution in [0.5, 0.6) is 5.75 Å². The van der Waals surface area contributed by atoms with Crippen molar-refractivity contribution in [3.63, 3.8) is 0 Å². The number of fused-ring (bicyclic) bond motifs is 6. The Hall–Kier alpha value is -4.19. The highest BCUT2D eigenvalue weighted by molar-refractivity contribution is 6.16. The molecule has 0 bridgehead atoms. The Bertz CT molecular complexity index is 1460. The number of hydrogen-bond donors (Lipinski definition) is 1. The molecule has 3 heterocycles. The van der Waals surface area contributed by atoms with Crippen LogP contribution in [0, 0.1) is 5.92 Å². The van der Waals surface area contributed by atoms with Crippen LogP contribution >= 0.6 is 0 Å². The standard InChI is InChI=1S/C30H26N2O4/c1-17-16-25-30(22-9-5-6-10-23(22)31-29(30)35)26(28(34)19-12-14-20(36-3)15-13-19)27(18(2)33)32(25)24-11-7-4-8-21(17)24/h4-16,25-27H,1-3H3,(H,31,35)/t25-,26+,27-,30-/m1/s1. The van der Waals surface area contributed by atoms with Gasteiger partial charge >= 0.3 is 0 Å². The number of nitrogens with zero attached hydrogens (tertiary/aromatic N) is 1. The normalized spacial score (nSPS) is 25.5. The van der Waals surface area contributed by atoms with Gasteiger partial charge in [0, 0.05) is 22.5 Å². The predicted molar refractivity (Wildman–Crippen MR) is 138 cm³/mol. The van der Waals surface area contributed by atoms with E-state index < -0.39 is 23.4 Å². The van der Waals surface area contributed by atoms with Gasteiger partial charge in [0.1, 0.15) is 11.2 Å². The number of allylic oxidation sites excluding steroid dienone is 1. The number of methoxy groups -OCH3 is 1. The Morgan fingerprint density at radius 2 is 1.67 bits per heavy atom. The number of benzene rings is 3. The molecular weight excluding hydrogens is 452 g/mol. The highest BCUT2D eigenvalue weighted by Gasteiger charge is 2.70. The molecule has 180 valence electrons. The summed E-state index contributed by atoms with van der Waals surface area (Å²) in [6, 6.07) is 20.9. The van der Waals surface area contributed by atoms with E-state index in [-0.39, 0.29) is 17.5 Å². The second-order valence-corrected chi connectivity index (χ2v) is 9.71.